The molecule has 5 nitrogen and oxygen atoms in total. The zero-order valence-electron chi connectivity index (χ0n) is 24.3. The molecule has 0 saturated heterocycles. The highest BCUT2D eigenvalue weighted by molar-refractivity contribution is 5.87. The Morgan fingerprint density at radius 2 is 1.59 bits per heavy atom. The van der Waals surface area contributed by atoms with Crippen molar-refractivity contribution in [2.45, 2.75) is 119 Å². The third kappa shape index (κ3) is 3.37. The summed E-state index contributed by atoms with van der Waals surface area (Å²) in [5.74, 6) is -0.257. The predicted molar refractivity (Wildman–Crippen MR) is 143 cm³/mol. The van der Waals surface area contributed by atoms with Gasteiger partial charge in [-0.15, -0.1) is 0 Å². The SMILES string of the molecule is CC(=O)O[C@H]1CC(=O)[C@@]2(C)C(CC[C@]3(C)[C@@H]2CC=C2[C@H]4CC(C)(C)CC[C@]4(C(=O)O)CC[C@]23C)C1(C)C. The lowest BCUT2D eigenvalue weighted by molar-refractivity contribution is -0.209. The van der Waals surface area contributed by atoms with E-state index in [0.29, 0.717) is 6.42 Å². The second-order valence-corrected chi connectivity index (χ2v) is 15.5. The maximum absolute atomic E-state index is 14.1. The third-order valence-electron chi connectivity index (χ3n) is 13.2. The molecule has 0 aromatic heterocycles. The normalized spacial score (nSPS) is 47.9. The van der Waals surface area contributed by atoms with Crippen molar-refractivity contribution in [1.82, 2.24) is 0 Å². The predicted octanol–water partition coefficient (Wildman–Crippen LogP) is 6.98. The molecule has 1 unspecified atom stereocenters. The smallest absolute Gasteiger partial charge is 0.310 e. The molecule has 0 amide bonds. The maximum atomic E-state index is 14.1. The minimum absolute atomic E-state index is 0.0719. The van der Waals surface area contributed by atoms with Gasteiger partial charge in [-0.2, -0.15) is 0 Å². The van der Waals surface area contributed by atoms with Crippen LogP contribution in [0.15, 0.2) is 11.6 Å². The number of esters is 1. The average molecular weight is 513 g/mol. The van der Waals surface area contributed by atoms with Gasteiger partial charge in [0, 0.05) is 24.2 Å². The van der Waals surface area contributed by atoms with Crippen LogP contribution in [0.2, 0.25) is 0 Å². The van der Waals surface area contributed by atoms with Crippen molar-refractivity contribution in [1.29, 1.82) is 0 Å². The standard InChI is InChI=1S/C32H48O5/c1-19(33)37-25-17-24(34)31(8)22(28(25,4)5)11-12-30(7)23(31)10-9-20-21-18-27(2,3)13-15-32(21,26(35)36)16-14-29(20,30)6/h9,21-23,25H,10-18H2,1-8H3,(H,35,36)/t21-,22?,23+,25+,29-,30-,31+,32+/m1/s1. The summed E-state index contributed by atoms with van der Waals surface area (Å²) in [4.78, 5) is 38.7. The summed E-state index contributed by atoms with van der Waals surface area (Å²) in [7, 11) is 0. The summed E-state index contributed by atoms with van der Waals surface area (Å²) in [6, 6.07) is 0. The fraction of sp³-hybridized carbons (Fsp3) is 0.844. The average Bonchev–Trinajstić information content (AvgIpc) is 2.77. The van der Waals surface area contributed by atoms with Gasteiger partial charge in [0.2, 0.25) is 0 Å². The molecular weight excluding hydrogens is 464 g/mol. The number of allylic oxidation sites excluding steroid dienone is 2. The number of fused-ring (bicyclic) bond motifs is 7. The molecule has 5 aliphatic carbocycles. The van der Waals surface area contributed by atoms with Gasteiger partial charge in [0.1, 0.15) is 11.9 Å². The molecule has 4 saturated carbocycles. The van der Waals surface area contributed by atoms with E-state index in [2.05, 4.69) is 54.5 Å². The number of carboxylic acid groups (broad SMARTS) is 1. The van der Waals surface area contributed by atoms with Gasteiger partial charge in [-0.25, -0.2) is 0 Å². The molecule has 1 N–H and O–H groups in total. The first-order valence-corrected chi connectivity index (χ1v) is 14.6. The molecule has 0 heterocycles. The monoisotopic (exact) mass is 512 g/mol. The van der Waals surface area contributed by atoms with Crippen molar-refractivity contribution < 1.29 is 24.2 Å². The number of rotatable bonds is 2. The first kappa shape index (κ1) is 26.9. The van der Waals surface area contributed by atoms with E-state index in [-0.39, 0.29) is 57.3 Å². The molecule has 0 aliphatic heterocycles. The molecule has 0 spiro atoms. The molecule has 206 valence electrons. The van der Waals surface area contributed by atoms with E-state index < -0.39 is 16.8 Å². The van der Waals surface area contributed by atoms with Crippen molar-refractivity contribution in [3.8, 4) is 0 Å². The fourth-order valence-corrected chi connectivity index (χ4v) is 10.7. The molecular formula is C32H48O5. The van der Waals surface area contributed by atoms with E-state index in [1.165, 1.54) is 12.5 Å². The highest BCUT2D eigenvalue weighted by atomic mass is 16.5. The van der Waals surface area contributed by atoms with E-state index in [9.17, 15) is 19.5 Å². The van der Waals surface area contributed by atoms with E-state index in [1.54, 1.807) is 0 Å². The van der Waals surface area contributed by atoms with Gasteiger partial charge in [0.05, 0.1) is 5.41 Å². The summed E-state index contributed by atoms with van der Waals surface area (Å²) >= 11 is 0. The number of carboxylic acids is 1. The number of Topliss-reactive ketones (excluding diaryl/α,β-unsaturated/α-hetero) is 1. The van der Waals surface area contributed by atoms with Crippen LogP contribution in [0.5, 0.6) is 0 Å². The maximum Gasteiger partial charge on any atom is 0.310 e. The zero-order valence-corrected chi connectivity index (χ0v) is 24.3. The highest BCUT2D eigenvalue weighted by Crippen LogP contribution is 2.75. The lowest BCUT2D eigenvalue weighted by Crippen LogP contribution is -2.67. The van der Waals surface area contributed by atoms with E-state index >= 15 is 0 Å². The van der Waals surface area contributed by atoms with Crippen molar-refractivity contribution in [2.75, 3.05) is 0 Å². The molecule has 0 radical (unpaired) electrons. The molecule has 0 aromatic rings. The molecule has 4 fully saturated rings. The number of carbonyl (C=O) groups excluding carboxylic acids is 2. The quantitative estimate of drug-likeness (QED) is 0.319. The second kappa shape index (κ2) is 7.94. The molecule has 5 aliphatic rings. The van der Waals surface area contributed by atoms with Gasteiger partial charge < -0.3 is 9.84 Å². The highest BCUT2D eigenvalue weighted by Gasteiger charge is 2.71. The minimum atomic E-state index is -0.648. The summed E-state index contributed by atoms with van der Waals surface area (Å²) in [6.45, 7) is 17.5. The Kier molecular flexibility index (Phi) is 5.78. The van der Waals surface area contributed by atoms with Crippen molar-refractivity contribution >= 4 is 17.7 Å². The topological polar surface area (TPSA) is 80.7 Å². The van der Waals surface area contributed by atoms with Gasteiger partial charge >= 0.3 is 11.9 Å². The number of hydrogen-bond donors (Lipinski definition) is 1. The largest absolute Gasteiger partial charge is 0.481 e. The van der Waals surface area contributed by atoms with Crippen LogP contribution in [0.25, 0.3) is 0 Å². The first-order chi connectivity index (χ1) is 17.0. The van der Waals surface area contributed by atoms with E-state index in [1.807, 2.05) is 0 Å². The Morgan fingerprint density at radius 1 is 0.946 bits per heavy atom. The Bertz CT molecular complexity index is 1070. The molecule has 0 aromatic carbocycles. The van der Waals surface area contributed by atoms with Crippen molar-refractivity contribution in [3.05, 3.63) is 11.6 Å². The van der Waals surface area contributed by atoms with Crippen molar-refractivity contribution in [3.63, 3.8) is 0 Å². The van der Waals surface area contributed by atoms with Crippen LogP contribution in [0, 0.1) is 50.2 Å². The minimum Gasteiger partial charge on any atom is -0.481 e. The fourth-order valence-electron chi connectivity index (χ4n) is 10.7. The summed E-state index contributed by atoms with van der Waals surface area (Å²) in [5.41, 5.74) is -0.0728. The summed E-state index contributed by atoms with van der Waals surface area (Å²) in [5, 5.41) is 10.5. The van der Waals surface area contributed by atoms with Crippen LogP contribution < -0.4 is 0 Å². The van der Waals surface area contributed by atoms with Crippen LogP contribution in [-0.2, 0) is 19.1 Å². The van der Waals surface area contributed by atoms with Gasteiger partial charge in [-0.3, -0.25) is 14.4 Å². The number of aliphatic carboxylic acids is 1. The lowest BCUT2D eigenvalue weighted by Gasteiger charge is -2.70. The number of ether oxygens (including phenoxy) is 1. The van der Waals surface area contributed by atoms with Crippen LogP contribution in [-0.4, -0.2) is 28.9 Å². The number of ketones is 1. The lowest BCUT2D eigenvalue weighted by atomic mass is 9.33. The van der Waals surface area contributed by atoms with Crippen LogP contribution in [0.4, 0.5) is 0 Å². The van der Waals surface area contributed by atoms with E-state index in [0.717, 1.165) is 51.4 Å². The second-order valence-electron chi connectivity index (χ2n) is 15.5. The molecule has 8 atom stereocenters. The van der Waals surface area contributed by atoms with Gasteiger partial charge in [0.15, 0.2) is 0 Å². The Balaban J connectivity index is 1.59. The number of hydrogen-bond acceptors (Lipinski definition) is 4. The van der Waals surface area contributed by atoms with Crippen LogP contribution in [0.3, 0.4) is 0 Å². The number of carbonyl (C=O) groups is 3. The summed E-state index contributed by atoms with van der Waals surface area (Å²) < 4.78 is 5.72. The Hall–Kier alpha value is -1.65. The molecule has 5 heteroatoms. The summed E-state index contributed by atoms with van der Waals surface area (Å²) in [6.07, 6.45) is 9.37. The third-order valence-corrected chi connectivity index (χ3v) is 13.2. The van der Waals surface area contributed by atoms with E-state index in [4.69, 9.17) is 4.74 Å². The Morgan fingerprint density at radius 3 is 2.22 bits per heavy atom. The zero-order chi connectivity index (χ0) is 27.4. The first-order valence-electron chi connectivity index (χ1n) is 14.6. The van der Waals surface area contributed by atoms with Crippen molar-refractivity contribution in [2.24, 2.45) is 50.2 Å². The van der Waals surface area contributed by atoms with Gasteiger partial charge in [-0.1, -0.05) is 60.1 Å². The Labute approximate surface area is 223 Å². The molecule has 37 heavy (non-hydrogen) atoms. The molecule has 5 rings (SSSR count). The van der Waals surface area contributed by atoms with Gasteiger partial charge in [0.25, 0.3) is 0 Å². The van der Waals surface area contributed by atoms with Crippen LogP contribution in [0.1, 0.15) is 113 Å². The van der Waals surface area contributed by atoms with Gasteiger partial charge in [-0.05, 0) is 85.4 Å². The molecule has 0 bridgehead atoms. The van der Waals surface area contributed by atoms with Crippen LogP contribution >= 0.6 is 0 Å².